The van der Waals surface area contributed by atoms with Gasteiger partial charge in [0.25, 0.3) is 5.69 Å². The minimum atomic E-state index is -0.557. The van der Waals surface area contributed by atoms with Gasteiger partial charge in [-0.3, -0.25) is 14.9 Å². The Kier molecular flexibility index (Phi) is 7.79. The second-order valence-corrected chi connectivity index (χ2v) is 7.68. The van der Waals surface area contributed by atoms with Crippen molar-refractivity contribution in [1.29, 1.82) is 0 Å². The minimum Gasteiger partial charge on any atom is -0.497 e. The molecule has 0 radical (unpaired) electrons. The van der Waals surface area contributed by atoms with Gasteiger partial charge < -0.3 is 15.4 Å². The molecule has 0 aromatic heterocycles. The van der Waals surface area contributed by atoms with Crippen LogP contribution in [0.3, 0.4) is 0 Å². The van der Waals surface area contributed by atoms with Crippen molar-refractivity contribution in [3.63, 3.8) is 0 Å². The highest BCUT2D eigenvalue weighted by atomic mass is 16.6. The van der Waals surface area contributed by atoms with Crippen LogP contribution in [0.5, 0.6) is 5.75 Å². The molecule has 2 aromatic carbocycles. The first-order valence-electron chi connectivity index (χ1n) is 10.5. The van der Waals surface area contributed by atoms with Gasteiger partial charge in [0.15, 0.2) is 0 Å². The second kappa shape index (κ2) is 10.7. The van der Waals surface area contributed by atoms with Gasteiger partial charge in [0, 0.05) is 24.7 Å². The zero-order chi connectivity index (χ0) is 21.3. The molecule has 1 unspecified atom stereocenters. The number of carbonyl (C=O) groups excluding carboxylic acids is 1. The highest BCUT2D eigenvalue weighted by Crippen LogP contribution is 2.21. The number of benzene rings is 2. The molecular weight excluding hydrogens is 382 g/mol. The molecule has 2 N–H and O–H groups in total. The van der Waals surface area contributed by atoms with Crippen LogP contribution in [0, 0.1) is 10.1 Å². The summed E-state index contributed by atoms with van der Waals surface area (Å²) in [7, 11) is 1.64. The van der Waals surface area contributed by atoms with Crippen LogP contribution < -0.4 is 15.4 Å². The van der Waals surface area contributed by atoms with E-state index in [0.29, 0.717) is 6.54 Å². The number of non-ortho nitro benzene ring substituents is 1. The summed E-state index contributed by atoms with van der Waals surface area (Å²) in [4.78, 5) is 23.6. The average molecular weight is 412 g/mol. The summed E-state index contributed by atoms with van der Waals surface area (Å²) < 4.78 is 5.27. The Morgan fingerprint density at radius 3 is 2.57 bits per heavy atom. The summed E-state index contributed by atoms with van der Waals surface area (Å²) >= 11 is 0. The van der Waals surface area contributed by atoms with Crippen LogP contribution in [-0.2, 0) is 11.2 Å². The largest absolute Gasteiger partial charge is 0.497 e. The number of nitro groups is 1. The molecular formula is C23H29N3O4. The maximum atomic E-state index is 13.0. The lowest BCUT2D eigenvalue weighted by atomic mass is 9.95. The van der Waals surface area contributed by atoms with E-state index >= 15 is 0 Å². The predicted octanol–water partition coefficient (Wildman–Crippen LogP) is 3.93. The third kappa shape index (κ3) is 6.03. The molecule has 30 heavy (non-hydrogen) atoms. The molecule has 1 atom stereocenters. The van der Waals surface area contributed by atoms with Gasteiger partial charge in [-0.2, -0.15) is 0 Å². The number of ether oxygens (including phenoxy) is 1. The molecule has 0 saturated heterocycles. The standard InChI is InChI=1S/C23H29N3O4/c1-30-21-9-5-6-17(16-21)14-15-24-22(18-10-12-20(13-11-18)26(28)29)23(27)25-19-7-3-2-4-8-19/h5-6,9-13,16,19,22,24H,2-4,7-8,14-15H2,1H3,(H,25,27). The van der Waals surface area contributed by atoms with Crippen molar-refractivity contribution in [1.82, 2.24) is 10.6 Å². The Morgan fingerprint density at radius 2 is 1.90 bits per heavy atom. The van der Waals surface area contributed by atoms with Crippen molar-refractivity contribution in [2.24, 2.45) is 0 Å². The number of nitro benzene ring substituents is 1. The molecule has 7 heteroatoms. The molecule has 1 aliphatic carbocycles. The predicted molar refractivity (Wildman–Crippen MR) is 116 cm³/mol. The Bertz CT molecular complexity index is 848. The minimum absolute atomic E-state index is 0.0153. The van der Waals surface area contributed by atoms with E-state index in [1.54, 1.807) is 19.2 Å². The summed E-state index contributed by atoms with van der Waals surface area (Å²) in [6, 6.07) is 13.7. The van der Waals surface area contributed by atoms with E-state index in [4.69, 9.17) is 4.74 Å². The third-order valence-corrected chi connectivity index (χ3v) is 5.55. The van der Waals surface area contributed by atoms with E-state index in [1.807, 2.05) is 24.3 Å². The van der Waals surface area contributed by atoms with E-state index in [0.717, 1.165) is 49.0 Å². The fourth-order valence-corrected chi connectivity index (χ4v) is 3.87. The SMILES string of the molecule is COc1cccc(CCNC(C(=O)NC2CCCCC2)c2ccc([N+](=O)[O-])cc2)c1. The van der Waals surface area contributed by atoms with Crippen molar-refractivity contribution in [2.45, 2.75) is 50.6 Å². The van der Waals surface area contributed by atoms with Crippen LogP contribution in [0.25, 0.3) is 0 Å². The average Bonchev–Trinajstić information content (AvgIpc) is 2.77. The first-order chi connectivity index (χ1) is 14.6. The zero-order valence-electron chi connectivity index (χ0n) is 17.3. The van der Waals surface area contributed by atoms with Crippen molar-refractivity contribution >= 4 is 11.6 Å². The molecule has 160 valence electrons. The number of carbonyl (C=O) groups is 1. The molecule has 3 rings (SSSR count). The lowest BCUT2D eigenvalue weighted by Crippen LogP contribution is -2.43. The third-order valence-electron chi connectivity index (χ3n) is 5.55. The first kappa shape index (κ1) is 21.8. The van der Waals surface area contributed by atoms with E-state index in [9.17, 15) is 14.9 Å². The van der Waals surface area contributed by atoms with E-state index in [2.05, 4.69) is 10.6 Å². The van der Waals surface area contributed by atoms with Crippen LogP contribution in [0.1, 0.15) is 49.3 Å². The van der Waals surface area contributed by atoms with Gasteiger partial charge >= 0.3 is 0 Å². The van der Waals surface area contributed by atoms with E-state index in [1.165, 1.54) is 18.6 Å². The van der Waals surface area contributed by atoms with Crippen molar-refractivity contribution in [2.75, 3.05) is 13.7 Å². The lowest BCUT2D eigenvalue weighted by Gasteiger charge is -2.26. The number of nitrogens with zero attached hydrogens (tertiary/aromatic N) is 1. The van der Waals surface area contributed by atoms with Crippen LogP contribution in [-0.4, -0.2) is 30.5 Å². The van der Waals surface area contributed by atoms with Gasteiger partial charge in [-0.05, 0) is 42.5 Å². The number of nitrogens with one attached hydrogen (secondary N) is 2. The normalized spacial score (nSPS) is 15.4. The van der Waals surface area contributed by atoms with Gasteiger partial charge in [-0.1, -0.05) is 43.5 Å². The molecule has 2 aromatic rings. The van der Waals surface area contributed by atoms with Gasteiger partial charge in [-0.25, -0.2) is 0 Å². The van der Waals surface area contributed by atoms with Crippen molar-refractivity contribution < 1.29 is 14.5 Å². The molecule has 1 aliphatic rings. The monoisotopic (exact) mass is 411 g/mol. The van der Waals surface area contributed by atoms with Crippen LogP contribution in [0.2, 0.25) is 0 Å². The summed E-state index contributed by atoms with van der Waals surface area (Å²) in [5, 5.41) is 17.5. The Morgan fingerprint density at radius 1 is 1.17 bits per heavy atom. The number of rotatable bonds is 9. The molecule has 1 fully saturated rings. The summed E-state index contributed by atoms with van der Waals surface area (Å²) in [6.07, 6.45) is 6.23. The molecule has 0 heterocycles. The Hall–Kier alpha value is -2.93. The maximum absolute atomic E-state index is 13.0. The van der Waals surface area contributed by atoms with Gasteiger partial charge in [0.1, 0.15) is 11.8 Å². The summed E-state index contributed by atoms with van der Waals surface area (Å²) in [6.45, 7) is 0.590. The fraction of sp³-hybridized carbons (Fsp3) is 0.435. The van der Waals surface area contributed by atoms with Crippen LogP contribution in [0.4, 0.5) is 5.69 Å². The maximum Gasteiger partial charge on any atom is 0.269 e. The molecule has 1 saturated carbocycles. The molecule has 7 nitrogen and oxygen atoms in total. The van der Waals surface area contributed by atoms with Gasteiger partial charge in [0.2, 0.25) is 5.91 Å². The smallest absolute Gasteiger partial charge is 0.269 e. The van der Waals surface area contributed by atoms with Crippen LogP contribution >= 0.6 is 0 Å². The van der Waals surface area contributed by atoms with Crippen molar-refractivity contribution in [3.05, 3.63) is 69.8 Å². The number of hydrogen-bond donors (Lipinski definition) is 2. The lowest BCUT2D eigenvalue weighted by molar-refractivity contribution is -0.384. The summed E-state index contributed by atoms with van der Waals surface area (Å²) in [5.74, 6) is 0.718. The second-order valence-electron chi connectivity index (χ2n) is 7.68. The van der Waals surface area contributed by atoms with E-state index in [-0.39, 0.29) is 17.6 Å². The highest BCUT2D eigenvalue weighted by Gasteiger charge is 2.24. The summed E-state index contributed by atoms with van der Waals surface area (Å²) in [5.41, 5.74) is 1.85. The Balaban J connectivity index is 1.68. The number of methoxy groups -OCH3 is 1. The quantitative estimate of drug-likeness (QED) is 0.482. The van der Waals surface area contributed by atoms with E-state index < -0.39 is 11.0 Å². The molecule has 1 amide bonds. The molecule has 0 aliphatic heterocycles. The molecule has 0 spiro atoms. The topological polar surface area (TPSA) is 93.5 Å². The first-order valence-corrected chi connectivity index (χ1v) is 10.5. The zero-order valence-corrected chi connectivity index (χ0v) is 17.3. The van der Waals surface area contributed by atoms with Gasteiger partial charge in [0.05, 0.1) is 12.0 Å². The number of amides is 1. The van der Waals surface area contributed by atoms with Crippen LogP contribution in [0.15, 0.2) is 48.5 Å². The number of hydrogen-bond acceptors (Lipinski definition) is 5. The Labute approximate surface area is 177 Å². The highest BCUT2D eigenvalue weighted by molar-refractivity contribution is 5.83. The van der Waals surface area contributed by atoms with Gasteiger partial charge in [-0.15, -0.1) is 0 Å². The fourth-order valence-electron chi connectivity index (χ4n) is 3.87. The molecule has 0 bridgehead atoms. The van der Waals surface area contributed by atoms with Crippen molar-refractivity contribution in [3.8, 4) is 5.75 Å².